The van der Waals surface area contributed by atoms with Crippen molar-refractivity contribution in [3.8, 4) is 0 Å². The molecule has 6 heteroatoms. The van der Waals surface area contributed by atoms with Gasteiger partial charge in [0.15, 0.2) is 0 Å². The number of nitrogens with one attached hydrogen (secondary N) is 1. The van der Waals surface area contributed by atoms with Gasteiger partial charge >= 0.3 is 5.97 Å². The van der Waals surface area contributed by atoms with Crippen LogP contribution in [0.1, 0.15) is 17.3 Å². The highest BCUT2D eigenvalue weighted by Crippen LogP contribution is 2.30. The third-order valence-corrected chi connectivity index (χ3v) is 2.43. The second kappa shape index (κ2) is 4.63. The van der Waals surface area contributed by atoms with Gasteiger partial charge in [0, 0.05) is 16.4 Å². The van der Waals surface area contributed by atoms with E-state index in [1.807, 2.05) is 0 Å². The van der Waals surface area contributed by atoms with Gasteiger partial charge in [-0.15, -0.1) is 0 Å². The number of carboxylic acids is 1. The van der Waals surface area contributed by atoms with Crippen molar-refractivity contribution < 1.29 is 14.7 Å². The molecule has 0 bridgehead atoms. The summed E-state index contributed by atoms with van der Waals surface area (Å²) in [7, 11) is 0. The summed E-state index contributed by atoms with van der Waals surface area (Å²) in [6.45, 7) is 1.30. The molecule has 0 heterocycles. The molecule has 0 unspecified atom stereocenters. The van der Waals surface area contributed by atoms with Gasteiger partial charge in [-0.3, -0.25) is 4.79 Å². The van der Waals surface area contributed by atoms with Gasteiger partial charge in [0.05, 0.1) is 11.3 Å². The number of halogens is 2. The first-order chi connectivity index (χ1) is 6.91. The zero-order chi connectivity index (χ0) is 11.6. The summed E-state index contributed by atoms with van der Waals surface area (Å²) in [5, 5.41) is 11.6. The fraction of sp³-hybridized carbons (Fsp3) is 0.111. The highest BCUT2D eigenvalue weighted by atomic mass is 79.9. The molecule has 0 radical (unpaired) electrons. The van der Waals surface area contributed by atoms with Crippen LogP contribution in [0.25, 0.3) is 0 Å². The van der Waals surface area contributed by atoms with Crippen LogP contribution in [-0.2, 0) is 4.79 Å². The number of carbonyl (C=O) groups excluding carboxylic acids is 1. The minimum absolute atomic E-state index is 0.0513. The van der Waals surface area contributed by atoms with E-state index in [9.17, 15) is 9.59 Å². The van der Waals surface area contributed by atoms with Gasteiger partial charge in [-0.2, -0.15) is 0 Å². The first-order valence-corrected chi connectivity index (χ1v) is 5.09. The Balaban J connectivity index is 3.33. The van der Waals surface area contributed by atoms with Gasteiger partial charge in [0.2, 0.25) is 5.91 Å². The number of carbonyl (C=O) groups is 2. The summed E-state index contributed by atoms with van der Waals surface area (Å²) >= 11 is 8.83. The van der Waals surface area contributed by atoms with Crippen LogP contribution < -0.4 is 5.32 Å². The molecule has 15 heavy (non-hydrogen) atoms. The molecule has 1 amide bonds. The van der Waals surface area contributed by atoms with Gasteiger partial charge in [-0.1, -0.05) is 11.6 Å². The maximum Gasteiger partial charge on any atom is 0.337 e. The van der Waals surface area contributed by atoms with E-state index in [1.165, 1.54) is 19.1 Å². The fourth-order valence-electron chi connectivity index (χ4n) is 1.05. The van der Waals surface area contributed by atoms with Crippen LogP contribution in [0.3, 0.4) is 0 Å². The molecule has 0 fully saturated rings. The number of hydrogen-bond donors (Lipinski definition) is 2. The first kappa shape index (κ1) is 12.0. The normalized spacial score (nSPS) is 9.80. The van der Waals surface area contributed by atoms with E-state index in [-0.39, 0.29) is 22.2 Å². The topological polar surface area (TPSA) is 66.4 Å². The highest BCUT2D eigenvalue weighted by Gasteiger charge is 2.15. The van der Waals surface area contributed by atoms with Crippen LogP contribution in [0, 0.1) is 0 Å². The summed E-state index contributed by atoms with van der Waals surface area (Å²) in [6, 6.07) is 2.79. The van der Waals surface area contributed by atoms with Gasteiger partial charge in [-0.05, 0) is 28.1 Å². The molecule has 0 aliphatic heterocycles. The molecule has 0 aliphatic carbocycles. The maximum absolute atomic E-state index is 10.9. The van der Waals surface area contributed by atoms with Crippen molar-refractivity contribution in [3.05, 3.63) is 27.2 Å². The SMILES string of the molecule is CC(=O)Nc1c(Br)cc(Cl)cc1C(=O)O. The van der Waals surface area contributed by atoms with E-state index in [4.69, 9.17) is 16.7 Å². The van der Waals surface area contributed by atoms with E-state index in [0.717, 1.165) is 0 Å². The average Bonchev–Trinajstić information content (AvgIpc) is 2.08. The minimum Gasteiger partial charge on any atom is -0.478 e. The summed E-state index contributed by atoms with van der Waals surface area (Å²) in [5.41, 5.74) is 0.156. The fourth-order valence-corrected chi connectivity index (χ4v) is 1.95. The molecule has 0 saturated heterocycles. The molecule has 4 nitrogen and oxygen atoms in total. The van der Waals surface area contributed by atoms with Gasteiger partial charge < -0.3 is 10.4 Å². The largest absolute Gasteiger partial charge is 0.478 e. The van der Waals surface area contributed by atoms with Crippen LogP contribution in [0.2, 0.25) is 5.02 Å². The second-order valence-electron chi connectivity index (χ2n) is 2.80. The monoisotopic (exact) mass is 291 g/mol. The Labute approximate surface area is 99.4 Å². The van der Waals surface area contributed by atoms with Crippen molar-refractivity contribution in [1.82, 2.24) is 0 Å². The average molecular weight is 293 g/mol. The van der Waals surface area contributed by atoms with E-state index in [0.29, 0.717) is 4.47 Å². The third kappa shape index (κ3) is 2.94. The van der Waals surface area contributed by atoms with E-state index in [2.05, 4.69) is 21.2 Å². The number of hydrogen-bond acceptors (Lipinski definition) is 2. The molecule has 0 saturated carbocycles. The second-order valence-corrected chi connectivity index (χ2v) is 4.09. The number of carboxylic acid groups (broad SMARTS) is 1. The van der Waals surface area contributed by atoms with Crippen molar-refractivity contribution in [2.45, 2.75) is 6.92 Å². The summed E-state index contributed by atoms with van der Waals surface area (Å²) in [4.78, 5) is 21.7. The lowest BCUT2D eigenvalue weighted by Crippen LogP contribution is -2.11. The smallest absolute Gasteiger partial charge is 0.337 e. The van der Waals surface area contributed by atoms with Crippen LogP contribution in [0.5, 0.6) is 0 Å². The van der Waals surface area contributed by atoms with Crippen LogP contribution >= 0.6 is 27.5 Å². The van der Waals surface area contributed by atoms with E-state index >= 15 is 0 Å². The lowest BCUT2D eigenvalue weighted by molar-refractivity contribution is -0.114. The number of amides is 1. The van der Waals surface area contributed by atoms with Crippen molar-refractivity contribution in [3.63, 3.8) is 0 Å². The van der Waals surface area contributed by atoms with Crippen molar-refractivity contribution in [1.29, 1.82) is 0 Å². The molecule has 0 atom stereocenters. The van der Waals surface area contributed by atoms with Crippen LogP contribution in [0.4, 0.5) is 5.69 Å². The predicted octanol–water partition coefficient (Wildman–Crippen LogP) is 2.76. The molecule has 0 aliphatic rings. The van der Waals surface area contributed by atoms with Crippen molar-refractivity contribution in [2.24, 2.45) is 0 Å². The molecule has 0 spiro atoms. The molecule has 2 N–H and O–H groups in total. The lowest BCUT2D eigenvalue weighted by Gasteiger charge is -2.09. The predicted molar refractivity (Wildman–Crippen MR) is 60.4 cm³/mol. The molecular formula is C9H7BrClNO3. The Bertz CT molecular complexity index is 434. The molecule has 1 aromatic carbocycles. The quantitative estimate of drug-likeness (QED) is 0.881. The number of aromatic carboxylic acids is 1. The molecule has 1 rings (SSSR count). The zero-order valence-electron chi connectivity index (χ0n) is 7.67. The van der Waals surface area contributed by atoms with Gasteiger partial charge in [0.25, 0.3) is 0 Å². The summed E-state index contributed by atoms with van der Waals surface area (Å²) in [5.74, 6) is -1.50. The van der Waals surface area contributed by atoms with E-state index in [1.54, 1.807) is 0 Å². The van der Waals surface area contributed by atoms with Gasteiger partial charge in [0.1, 0.15) is 0 Å². The maximum atomic E-state index is 10.9. The number of anilines is 1. The molecule has 0 aromatic heterocycles. The summed E-state index contributed by atoms with van der Waals surface area (Å²) < 4.78 is 0.433. The van der Waals surface area contributed by atoms with Crippen molar-refractivity contribution in [2.75, 3.05) is 5.32 Å². The van der Waals surface area contributed by atoms with Crippen LogP contribution in [0.15, 0.2) is 16.6 Å². The Morgan fingerprint density at radius 3 is 2.53 bits per heavy atom. The summed E-state index contributed by atoms with van der Waals surface area (Å²) in [6.07, 6.45) is 0. The van der Waals surface area contributed by atoms with Gasteiger partial charge in [-0.25, -0.2) is 4.79 Å². The Morgan fingerprint density at radius 1 is 1.47 bits per heavy atom. The van der Waals surface area contributed by atoms with Crippen LogP contribution in [-0.4, -0.2) is 17.0 Å². The number of rotatable bonds is 2. The Kier molecular flexibility index (Phi) is 3.71. The highest BCUT2D eigenvalue weighted by molar-refractivity contribution is 9.10. The molecular weight excluding hydrogens is 285 g/mol. The standard InChI is InChI=1S/C9H7BrClNO3/c1-4(13)12-8-6(9(14)15)2-5(11)3-7(8)10/h2-3H,1H3,(H,12,13)(H,14,15). The van der Waals surface area contributed by atoms with Crippen molar-refractivity contribution >= 4 is 45.1 Å². The Hall–Kier alpha value is -1.07. The molecule has 80 valence electrons. The third-order valence-electron chi connectivity index (χ3n) is 1.59. The first-order valence-electron chi connectivity index (χ1n) is 3.91. The van der Waals surface area contributed by atoms with E-state index < -0.39 is 5.97 Å². The molecule has 1 aromatic rings. The minimum atomic E-state index is -1.15. The zero-order valence-corrected chi connectivity index (χ0v) is 10.0. The lowest BCUT2D eigenvalue weighted by atomic mass is 10.2. The number of benzene rings is 1. The Morgan fingerprint density at radius 2 is 2.07 bits per heavy atom.